The minimum absolute atomic E-state index is 0.0703. The van der Waals surface area contributed by atoms with Gasteiger partial charge in [-0.2, -0.15) is 0 Å². The molecule has 0 spiro atoms. The molecule has 2 amide bonds. The van der Waals surface area contributed by atoms with Crippen LogP contribution in [0.4, 0.5) is 4.39 Å². The Morgan fingerprint density at radius 3 is 2.40 bits per heavy atom. The van der Waals surface area contributed by atoms with Gasteiger partial charge in [-0.15, -0.1) is 10.2 Å². The molecular formula is C25H23FN6O2S. The van der Waals surface area contributed by atoms with Gasteiger partial charge in [0.15, 0.2) is 11.0 Å². The van der Waals surface area contributed by atoms with Gasteiger partial charge in [0.25, 0.3) is 0 Å². The van der Waals surface area contributed by atoms with Gasteiger partial charge in [-0.1, -0.05) is 42.1 Å². The average molecular weight is 491 g/mol. The summed E-state index contributed by atoms with van der Waals surface area (Å²) in [5, 5.41) is 14.4. The summed E-state index contributed by atoms with van der Waals surface area (Å²) in [7, 11) is 0. The van der Waals surface area contributed by atoms with E-state index in [1.54, 1.807) is 35.2 Å². The fourth-order valence-corrected chi connectivity index (χ4v) is 4.06. The molecule has 0 aliphatic carbocycles. The van der Waals surface area contributed by atoms with Crippen molar-refractivity contribution >= 4 is 23.6 Å². The number of nitrogens with one attached hydrogen (secondary N) is 2. The number of halogens is 1. The second-order valence-corrected chi connectivity index (χ2v) is 8.42. The van der Waals surface area contributed by atoms with Crippen molar-refractivity contribution in [3.8, 4) is 17.1 Å². The molecule has 4 aromatic rings. The maximum absolute atomic E-state index is 14.5. The highest BCUT2D eigenvalue weighted by atomic mass is 32.2. The van der Waals surface area contributed by atoms with Crippen molar-refractivity contribution in [3.05, 3.63) is 90.5 Å². The Kier molecular flexibility index (Phi) is 8.18. The summed E-state index contributed by atoms with van der Waals surface area (Å²) in [5.74, 6) is -0.391. The fourth-order valence-electron chi connectivity index (χ4n) is 3.28. The number of para-hydroxylation sites is 1. The third kappa shape index (κ3) is 6.51. The summed E-state index contributed by atoms with van der Waals surface area (Å²) in [6.45, 7) is 0.623. The summed E-state index contributed by atoms with van der Waals surface area (Å²) >= 11 is 1.19. The van der Waals surface area contributed by atoms with E-state index in [1.807, 2.05) is 42.5 Å². The van der Waals surface area contributed by atoms with Crippen molar-refractivity contribution in [1.29, 1.82) is 0 Å². The Labute approximate surface area is 206 Å². The largest absolute Gasteiger partial charge is 0.355 e. The Balaban J connectivity index is 1.34. The second kappa shape index (κ2) is 11.9. The smallest absolute Gasteiger partial charge is 0.230 e. The first-order chi connectivity index (χ1) is 17.1. The number of aromatic nitrogens is 4. The van der Waals surface area contributed by atoms with E-state index in [4.69, 9.17) is 0 Å². The zero-order chi connectivity index (χ0) is 24.5. The molecule has 178 valence electrons. The number of amides is 2. The van der Waals surface area contributed by atoms with Crippen LogP contribution in [-0.4, -0.2) is 43.9 Å². The SMILES string of the molecule is O=C(CCNC(=O)CSc1nnc(-c2ccccc2F)n1-c1ccccc1)NCc1ccncc1. The summed E-state index contributed by atoms with van der Waals surface area (Å²) < 4.78 is 16.2. The molecule has 2 aromatic heterocycles. The first-order valence-electron chi connectivity index (χ1n) is 10.9. The number of hydrogen-bond acceptors (Lipinski definition) is 6. The molecule has 0 aliphatic heterocycles. The zero-order valence-electron chi connectivity index (χ0n) is 18.7. The minimum Gasteiger partial charge on any atom is -0.355 e. The van der Waals surface area contributed by atoms with Crippen molar-refractivity contribution in [2.45, 2.75) is 18.1 Å². The Morgan fingerprint density at radius 2 is 1.63 bits per heavy atom. The summed E-state index contributed by atoms with van der Waals surface area (Å²) in [4.78, 5) is 28.3. The lowest BCUT2D eigenvalue weighted by Crippen LogP contribution is -2.31. The van der Waals surface area contributed by atoms with Crippen LogP contribution in [0, 0.1) is 5.82 Å². The van der Waals surface area contributed by atoms with Crippen molar-refractivity contribution < 1.29 is 14.0 Å². The molecule has 0 saturated heterocycles. The predicted octanol–water partition coefficient (Wildman–Crippen LogP) is 3.38. The molecule has 0 radical (unpaired) electrons. The molecule has 8 nitrogen and oxygen atoms in total. The zero-order valence-corrected chi connectivity index (χ0v) is 19.5. The number of thioether (sulfide) groups is 1. The van der Waals surface area contributed by atoms with E-state index in [-0.39, 0.29) is 30.5 Å². The highest BCUT2D eigenvalue weighted by molar-refractivity contribution is 7.99. The first kappa shape index (κ1) is 24.1. The van der Waals surface area contributed by atoms with Crippen LogP contribution < -0.4 is 10.6 Å². The molecule has 35 heavy (non-hydrogen) atoms. The predicted molar refractivity (Wildman–Crippen MR) is 131 cm³/mol. The number of hydrogen-bond donors (Lipinski definition) is 2. The van der Waals surface area contributed by atoms with Crippen LogP contribution in [0.25, 0.3) is 17.1 Å². The number of carbonyl (C=O) groups excluding carboxylic acids is 2. The molecule has 0 unspecified atom stereocenters. The molecule has 0 fully saturated rings. The molecule has 2 N–H and O–H groups in total. The maximum Gasteiger partial charge on any atom is 0.230 e. The van der Waals surface area contributed by atoms with Crippen LogP contribution in [0.3, 0.4) is 0 Å². The van der Waals surface area contributed by atoms with E-state index in [0.717, 1.165) is 11.3 Å². The summed E-state index contributed by atoms with van der Waals surface area (Å²) in [6, 6.07) is 19.3. The van der Waals surface area contributed by atoms with Crippen LogP contribution in [0.5, 0.6) is 0 Å². The van der Waals surface area contributed by atoms with E-state index in [1.165, 1.54) is 17.8 Å². The molecule has 0 bridgehead atoms. The average Bonchev–Trinajstić information content (AvgIpc) is 3.31. The Morgan fingerprint density at radius 1 is 0.886 bits per heavy atom. The van der Waals surface area contributed by atoms with Crippen LogP contribution in [0.1, 0.15) is 12.0 Å². The number of pyridine rings is 1. The quantitative estimate of drug-likeness (QED) is 0.331. The third-order valence-corrected chi connectivity index (χ3v) is 5.94. The monoisotopic (exact) mass is 490 g/mol. The number of carbonyl (C=O) groups is 2. The lowest BCUT2D eigenvalue weighted by molar-refractivity contribution is -0.121. The van der Waals surface area contributed by atoms with Gasteiger partial charge in [0.05, 0.1) is 11.3 Å². The standard InChI is InChI=1S/C25H23FN6O2S/c26-21-9-5-4-8-20(21)24-30-31-25(32(24)19-6-2-1-3-7-19)35-17-23(34)28-15-12-22(33)29-16-18-10-13-27-14-11-18/h1-11,13-14H,12,15-17H2,(H,28,34)(H,29,33). The minimum atomic E-state index is -0.409. The summed E-state index contributed by atoms with van der Waals surface area (Å²) in [5.41, 5.74) is 2.02. The topological polar surface area (TPSA) is 102 Å². The van der Waals surface area contributed by atoms with E-state index in [2.05, 4.69) is 25.8 Å². The maximum atomic E-state index is 14.5. The normalized spacial score (nSPS) is 10.7. The van der Waals surface area contributed by atoms with E-state index in [9.17, 15) is 14.0 Å². The van der Waals surface area contributed by atoms with Crippen molar-refractivity contribution in [1.82, 2.24) is 30.4 Å². The highest BCUT2D eigenvalue weighted by Gasteiger charge is 2.19. The third-order valence-electron chi connectivity index (χ3n) is 5.01. The molecule has 0 saturated carbocycles. The van der Waals surface area contributed by atoms with Crippen LogP contribution in [0.2, 0.25) is 0 Å². The highest BCUT2D eigenvalue weighted by Crippen LogP contribution is 2.29. The Hall–Kier alpha value is -4.05. The van der Waals surface area contributed by atoms with E-state index >= 15 is 0 Å². The number of rotatable bonds is 10. The lowest BCUT2D eigenvalue weighted by atomic mass is 10.2. The van der Waals surface area contributed by atoms with Crippen LogP contribution >= 0.6 is 11.8 Å². The first-order valence-corrected chi connectivity index (χ1v) is 11.9. The second-order valence-electron chi connectivity index (χ2n) is 7.48. The van der Waals surface area contributed by atoms with E-state index in [0.29, 0.717) is 23.1 Å². The van der Waals surface area contributed by atoms with Gasteiger partial charge in [-0.25, -0.2) is 4.39 Å². The van der Waals surface area contributed by atoms with Gasteiger partial charge >= 0.3 is 0 Å². The van der Waals surface area contributed by atoms with Gasteiger partial charge in [0.2, 0.25) is 11.8 Å². The molecule has 0 aliphatic rings. The lowest BCUT2D eigenvalue weighted by Gasteiger charge is -2.11. The molecular weight excluding hydrogens is 467 g/mol. The number of benzene rings is 2. The molecule has 10 heteroatoms. The van der Waals surface area contributed by atoms with Gasteiger partial charge < -0.3 is 10.6 Å². The van der Waals surface area contributed by atoms with Gasteiger partial charge in [-0.3, -0.25) is 19.1 Å². The van der Waals surface area contributed by atoms with Gasteiger partial charge in [-0.05, 0) is 42.0 Å². The molecule has 2 heterocycles. The van der Waals surface area contributed by atoms with Gasteiger partial charge in [0, 0.05) is 37.6 Å². The molecule has 4 rings (SSSR count). The fraction of sp³-hybridized carbons (Fsp3) is 0.160. The molecule has 2 aromatic carbocycles. The van der Waals surface area contributed by atoms with Crippen LogP contribution in [-0.2, 0) is 16.1 Å². The number of nitrogens with zero attached hydrogens (tertiary/aromatic N) is 4. The van der Waals surface area contributed by atoms with Crippen molar-refractivity contribution in [2.24, 2.45) is 0 Å². The van der Waals surface area contributed by atoms with Crippen LogP contribution in [0.15, 0.2) is 84.3 Å². The van der Waals surface area contributed by atoms with Gasteiger partial charge in [0.1, 0.15) is 5.82 Å². The van der Waals surface area contributed by atoms with E-state index < -0.39 is 5.82 Å². The van der Waals surface area contributed by atoms with Crippen molar-refractivity contribution in [2.75, 3.05) is 12.3 Å². The molecule has 0 atom stereocenters. The Bertz CT molecular complexity index is 1280. The summed E-state index contributed by atoms with van der Waals surface area (Å²) in [6.07, 6.45) is 3.49. The van der Waals surface area contributed by atoms with Crippen molar-refractivity contribution in [3.63, 3.8) is 0 Å².